The van der Waals surface area contributed by atoms with Gasteiger partial charge in [-0.15, -0.1) is 0 Å². The van der Waals surface area contributed by atoms with Gasteiger partial charge in [-0.1, -0.05) is 13.8 Å². The first-order chi connectivity index (χ1) is 12.3. The smallest absolute Gasteiger partial charge is 0.414 e. The van der Waals surface area contributed by atoms with Crippen LogP contribution in [0.25, 0.3) is 11.3 Å². The van der Waals surface area contributed by atoms with Crippen molar-refractivity contribution in [3.05, 3.63) is 36.5 Å². The van der Waals surface area contributed by atoms with E-state index in [9.17, 15) is 4.79 Å². The van der Waals surface area contributed by atoms with Crippen LogP contribution in [-0.4, -0.2) is 35.3 Å². The average Bonchev–Trinajstić information content (AvgIpc) is 2.59. The monoisotopic (exact) mass is 358 g/mol. The van der Waals surface area contributed by atoms with Gasteiger partial charge in [0.25, 0.3) is 0 Å². The molecule has 2 rings (SSSR count). The van der Waals surface area contributed by atoms with Gasteiger partial charge in [-0.25, -0.2) is 9.78 Å². The minimum Gasteiger partial charge on any atom is -0.492 e. The van der Waals surface area contributed by atoms with Crippen molar-refractivity contribution in [1.82, 2.24) is 15.3 Å². The van der Waals surface area contributed by atoms with E-state index >= 15 is 0 Å². The zero-order valence-electron chi connectivity index (χ0n) is 15.7. The molecule has 0 aliphatic carbocycles. The van der Waals surface area contributed by atoms with Crippen LogP contribution in [0, 0.1) is 5.92 Å². The third-order valence-electron chi connectivity index (χ3n) is 3.61. The second-order valence-corrected chi connectivity index (χ2v) is 6.93. The van der Waals surface area contributed by atoms with Crippen molar-refractivity contribution in [2.24, 2.45) is 11.7 Å². The summed E-state index contributed by atoms with van der Waals surface area (Å²) in [6.45, 7) is 6.73. The molecule has 0 unspecified atom stereocenters. The van der Waals surface area contributed by atoms with Gasteiger partial charge in [-0.3, -0.25) is 0 Å². The molecule has 1 amide bonds. The highest BCUT2D eigenvalue weighted by Gasteiger charge is 2.21. The Labute approximate surface area is 153 Å². The van der Waals surface area contributed by atoms with Crippen LogP contribution in [-0.2, 0) is 0 Å². The van der Waals surface area contributed by atoms with E-state index in [-0.39, 0.29) is 11.5 Å². The van der Waals surface area contributed by atoms with Crippen molar-refractivity contribution in [2.45, 2.75) is 32.7 Å². The summed E-state index contributed by atoms with van der Waals surface area (Å²) in [6.07, 6.45) is 1.81. The number of nitrogens with zero attached hydrogens (tertiary/aromatic N) is 2. The highest BCUT2D eigenvalue weighted by atomic mass is 16.6. The van der Waals surface area contributed by atoms with Gasteiger partial charge in [-0.05, 0) is 49.6 Å². The lowest BCUT2D eigenvalue weighted by molar-refractivity contribution is 0.199. The molecule has 7 heteroatoms. The maximum absolute atomic E-state index is 11.3. The van der Waals surface area contributed by atoms with Crippen LogP contribution >= 0.6 is 0 Å². The molecule has 0 spiro atoms. The molecule has 1 atom stereocenters. The maximum Gasteiger partial charge on any atom is 0.414 e. The standard InChI is InChI=1S/C19H26N4O3/c1-13(2)11-19(3,20)12-25-15-7-5-14(6-8-15)16-9-10-22-17(23-16)26-18(24)21-4/h5-10,13H,11-12,20H2,1-4H3,(H,21,24)/t19-/m0/s1. The predicted molar refractivity (Wildman–Crippen MR) is 100 cm³/mol. The Morgan fingerprint density at radius 2 is 1.96 bits per heavy atom. The highest BCUT2D eigenvalue weighted by molar-refractivity contribution is 5.69. The molecule has 140 valence electrons. The Bertz CT molecular complexity index is 730. The molecule has 0 saturated carbocycles. The number of aromatic nitrogens is 2. The van der Waals surface area contributed by atoms with Gasteiger partial charge >= 0.3 is 12.1 Å². The van der Waals surface area contributed by atoms with Gasteiger partial charge in [-0.2, -0.15) is 4.98 Å². The van der Waals surface area contributed by atoms with Crippen LogP contribution in [0.5, 0.6) is 11.8 Å². The Hall–Kier alpha value is -2.67. The first-order valence-corrected chi connectivity index (χ1v) is 8.54. The normalized spacial score (nSPS) is 13.2. The fourth-order valence-electron chi connectivity index (χ4n) is 2.65. The van der Waals surface area contributed by atoms with Crippen molar-refractivity contribution in [2.75, 3.05) is 13.7 Å². The number of nitrogens with one attached hydrogen (secondary N) is 1. The third-order valence-corrected chi connectivity index (χ3v) is 3.61. The molecule has 0 saturated heterocycles. The first kappa shape index (κ1) is 19.7. The highest BCUT2D eigenvalue weighted by Crippen LogP contribution is 2.23. The number of nitrogens with two attached hydrogens (primary N) is 1. The second-order valence-electron chi connectivity index (χ2n) is 6.93. The van der Waals surface area contributed by atoms with Crippen LogP contribution < -0.4 is 20.5 Å². The molecule has 0 bridgehead atoms. The number of hydrogen-bond acceptors (Lipinski definition) is 6. The van der Waals surface area contributed by atoms with Crippen LogP contribution in [0.4, 0.5) is 4.79 Å². The lowest BCUT2D eigenvalue weighted by Crippen LogP contribution is -2.43. The average molecular weight is 358 g/mol. The van der Waals surface area contributed by atoms with Crippen molar-refractivity contribution in [3.8, 4) is 23.0 Å². The van der Waals surface area contributed by atoms with Crippen LogP contribution in [0.15, 0.2) is 36.5 Å². The predicted octanol–water partition coefficient (Wildman–Crippen LogP) is 3.00. The number of hydrogen-bond donors (Lipinski definition) is 2. The van der Waals surface area contributed by atoms with E-state index in [0.717, 1.165) is 17.7 Å². The van der Waals surface area contributed by atoms with Gasteiger partial charge in [0, 0.05) is 24.3 Å². The van der Waals surface area contributed by atoms with Crippen molar-refractivity contribution < 1.29 is 14.3 Å². The van der Waals surface area contributed by atoms with E-state index in [2.05, 4.69) is 29.1 Å². The molecule has 26 heavy (non-hydrogen) atoms. The summed E-state index contributed by atoms with van der Waals surface area (Å²) in [4.78, 5) is 19.4. The number of benzene rings is 1. The van der Waals surface area contributed by atoms with E-state index in [1.165, 1.54) is 13.2 Å². The minimum atomic E-state index is -0.614. The van der Waals surface area contributed by atoms with Gasteiger partial charge < -0.3 is 20.5 Å². The first-order valence-electron chi connectivity index (χ1n) is 8.54. The Morgan fingerprint density at radius 3 is 2.58 bits per heavy atom. The van der Waals surface area contributed by atoms with E-state index in [4.69, 9.17) is 15.2 Å². The van der Waals surface area contributed by atoms with Gasteiger partial charge in [0.05, 0.1) is 5.69 Å². The molecule has 0 radical (unpaired) electrons. The number of rotatable bonds is 7. The lowest BCUT2D eigenvalue weighted by atomic mass is 9.93. The molecular weight excluding hydrogens is 332 g/mol. The van der Waals surface area contributed by atoms with E-state index in [1.807, 2.05) is 31.2 Å². The van der Waals surface area contributed by atoms with Crippen molar-refractivity contribution in [3.63, 3.8) is 0 Å². The molecule has 0 fully saturated rings. The molecule has 0 aliphatic heterocycles. The summed E-state index contributed by atoms with van der Waals surface area (Å²) in [6, 6.07) is 9.24. The van der Waals surface area contributed by atoms with Gasteiger partial charge in [0.15, 0.2) is 0 Å². The molecule has 2 aromatic rings. The van der Waals surface area contributed by atoms with E-state index in [0.29, 0.717) is 18.2 Å². The number of amides is 1. The van der Waals surface area contributed by atoms with Crippen LogP contribution in [0.2, 0.25) is 0 Å². The summed E-state index contributed by atoms with van der Waals surface area (Å²) in [5, 5.41) is 2.35. The Kier molecular flexibility index (Phi) is 6.52. The SMILES string of the molecule is CNC(=O)Oc1nccc(-c2ccc(OC[C@@](C)(N)CC(C)C)cc2)n1. The largest absolute Gasteiger partial charge is 0.492 e. The Morgan fingerprint density at radius 1 is 1.27 bits per heavy atom. The fraction of sp³-hybridized carbons (Fsp3) is 0.421. The summed E-state index contributed by atoms with van der Waals surface area (Å²) in [5.74, 6) is 1.25. The molecule has 1 aromatic heterocycles. The molecule has 1 heterocycles. The van der Waals surface area contributed by atoms with Gasteiger partial charge in [0.1, 0.15) is 12.4 Å². The Balaban J connectivity index is 2.03. The molecule has 1 aromatic carbocycles. The lowest BCUT2D eigenvalue weighted by Gasteiger charge is -2.26. The molecular formula is C19H26N4O3. The minimum absolute atomic E-state index is 0.00485. The second kappa shape index (κ2) is 8.62. The number of carbonyl (C=O) groups is 1. The van der Waals surface area contributed by atoms with Crippen LogP contribution in [0.1, 0.15) is 27.2 Å². The van der Waals surface area contributed by atoms with Gasteiger partial charge in [0.2, 0.25) is 0 Å². The quantitative estimate of drug-likeness (QED) is 0.789. The number of ether oxygens (including phenoxy) is 2. The fourth-order valence-corrected chi connectivity index (χ4v) is 2.65. The molecule has 3 N–H and O–H groups in total. The zero-order valence-corrected chi connectivity index (χ0v) is 15.7. The molecule has 7 nitrogen and oxygen atoms in total. The van der Waals surface area contributed by atoms with Crippen molar-refractivity contribution >= 4 is 6.09 Å². The topological polar surface area (TPSA) is 99.4 Å². The molecule has 0 aliphatic rings. The maximum atomic E-state index is 11.3. The third kappa shape index (κ3) is 6.00. The summed E-state index contributed by atoms with van der Waals surface area (Å²) in [5.41, 5.74) is 7.40. The van der Waals surface area contributed by atoms with E-state index < -0.39 is 6.09 Å². The summed E-state index contributed by atoms with van der Waals surface area (Å²) in [7, 11) is 1.47. The van der Waals surface area contributed by atoms with E-state index in [1.54, 1.807) is 6.07 Å². The van der Waals surface area contributed by atoms with Crippen molar-refractivity contribution in [1.29, 1.82) is 0 Å². The summed E-state index contributed by atoms with van der Waals surface area (Å²) < 4.78 is 10.8. The number of carbonyl (C=O) groups excluding carboxylic acids is 1. The zero-order chi connectivity index (χ0) is 19.2. The van der Waals surface area contributed by atoms with Crippen LogP contribution in [0.3, 0.4) is 0 Å². The summed E-state index contributed by atoms with van der Waals surface area (Å²) >= 11 is 0.